The predicted molar refractivity (Wildman–Crippen MR) is 127 cm³/mol. The number of ether oxygens (including phenoxy) is 1. The van der Waals surface area contributed by atoms with Crippen molar-refractivity contribution in [2.24, 2.45) is 0 Å². The molecule has 35 heavy (non-hydrogen) atoms. The smallest absolute Gasteiger partial charge is 0.267 e. The lowest BCUT2D eigenvalue weighted by atomic mass is 10.1. The molecular weight excluding hydrogens is 452 g/mol. The van der Waals surface area contributed by atoms with E-state index < -0.39 is 11.6 Å². The molecule has 1 fully saturated rings. The molecule has 0 atom stereocenters. The minimum absolute atomic E-state index is 0.166. The molecule has 2 aromatic carbocycles. The van der Waals surface area contributed by atoms with E-state index in [1.54, 1.807) is 12.4 Å². The van der Waals surface area contributed by atoms with Gasteiger partial charge in [0, 0.05) is 23.3 Å². The van der Waals surface area contributed by atoms with Crippen molar-refractivity contribution in [2.75, 3.05) is 13.1 Å². The number of benzene rings is 2. The van der Waals surface area contributed by atoms with Gasteiger partial charge in [0.05, 0.1) is 24.6 Å². The molecule has 1 saturated heterocycles. The number of rotatable bonds is 6. The normalized spacial score (nSPS) is 14.1. The molecule has 0 radical (unpaired) electrons. The summed E-state index contributed by atoms with van der Waals surface area (Å²) in [4.78, 5) is 21.3. The maximum atomic E-state index is 13.6. The largest absolute Gasteiger partial charge is 0.487 e. The first-order valence-corrected chi connectivity index (χ1v) is 11.4. The monoisotopic (exact) mass is 475 g/mol. The van der Waals surface area contributed by atoms with Crippen LogP contribution in [-0.2, 0) is 6.54 Å². The number of piperidine rings is 1. The number of hydrogen-bond acceptors (Lipinski definition) is 6. The van der Waals surface area contributed by atoms with Crippen molar-refractivity contribution in [1.29, 1.82) is 0 Å². The second kappa shape index (κ2) is 10.1. The number of aromatic nitrogens is 4. The number of halogens is 2. The van der Waals surface area contributed by atoms with Gasteiger partial charge in [0.25, 0.3) is 5.56 Å². The van der Waals surface area contributed by atoms with Gasteiger partial charge in [0.1, 0.15) is 17.7 Å². The third-order valence-corrected chi connectivity index (χ3v) is 5.76. The molecule has 9 heteroatoms. The van der Waals surface area contributed by atoms with Crippen molar-refractivity contribution in [3.8, 4) is 28.4 Å². The first-order valence-electron chi connectivity index (χ1n) is 11.4. The summed E-state index contributed by atoms with van der Waals surface area (Å²) in [6, 6.07) is 13.4. The van der Waals surface area contributed by atoms with E-state index in [-0.39, 0.29) is 23.8 Å². The van der Waals surface area contributed by atoms with Crippen molar-refractivity contribution in [3.63, 3.8) is 0 Å². The quantitative estimate of drug-likeness (QED) is 0.457. The van der Waals surface area contributed by atoms with E-state index in [2.05, 4.69) is 20.4 Å². The van der Waals surface area contributed by atoms with Crippen LogP contribution in [0.1, 0.15) is 18.4 Å². The highest BCUT2D eigenvalue weighted by Crippen LogP contribution is 2.21. The van der Waals surface area contributed by atoms with Gasteiger partial charge < -0.3 is 10.1 Å². The average molecular weight is 475 g/mol. The first kappa shape index (κ1) is 22.8. The molecule has 0 amide bonds. The van der Waals surface area contributed by atoms with Crippen LogP contribution >= 0.6 is 0 Å². The molecule has 2 aromatic heterocycles. The second-order valence-electron chi connectivity index (χ2n) is 8.38. The molecule has 0 unspecified atom stereocenters. The van der Waals surface area contributed by atoms with E-state index in [1.807, 2.05) is 24.3 Å². The molecule has 178 valence electrons. The first-order chi connectivity index (χ1) is 17.0. The Hall–Kier alpha value is -3.98. The minimum atomic E-state index is -0.709. The highest BCUT2D eigenvalue weighted by molar-refractivity contribution is 5.58. The molecule has 0 spiro atoms. The molecule has 7 nitrogen and oxygen atoms in total. The SMILES string of the molecule is O=c1ccc(-c2cc(F)cc(F)c2)nn1Cc1cccc(-c2ncc(OC3CCNCC3)cn2)c1. The summed E-state index contributed by atoms with van der Waals surface area (Å²) in [6.07, 6.45) is 5.41. The summed E-state index contributed by atoms with van der Waals surface area (Å²) in [7, 11) is 0. The maximum absolute atomic E-state index is 13.6. The zero-order valence-corrected chi connectivity index (χ0v) is 18.8. The molecule has 0 bridgehead atoms. The van der Waals surface area contributed by atoms with E-state index in [0.717, 1.165) is 43.1 Å². The Labute approximate surface area is 200 Å². The van der Waals surface area contributed by atoms with Crippen molar-refractivity contribution in [3.05, 3.63) is 94.5 Å². The topological polar surface area (TPSA) is 81.9 Å². The lowest BCUT2D eigenvalue weighted by Crippen LogP contribution is -2.34. The molecule has 1 aliphatic heterocycles. The predicted octanol–water partition coefficient (Wildman–Crippen LogP) is 3.82. The molecule has 0 saturated carbocycles. The Bertz CT molecular complexity index is 1370. The fourth-order valence-electron chi connectivity index (χ4n) is 4.03. The van der Waals surface area contributed by atoms with Crippen LogP contribution in [0.4, 0.5) is 8.78 Å². The molecule has 1 N–H and O–H groups in total. The summed E-state index contributed by atoms with van der Waals surface area (Å²) in [6.45, 7) is 2.06. The van der Waals surface area contributed by atoms with Crippen LogP contribution < -0.4 is 15.6 Å². The van der Waals surface area contributed by atoms with Gasteiger partial charge in [-0.15, -0.1) is 0 Å². The zero-order valence-electron chi connectivity index (χ0n) is 18.8. The summed E-state index contributed by atoms with van der Waals surface area (Å²) in [5, 5.41) is 7.61. The van der Waals surface area contributed by atoms with Crippen LogP contribution in [0.25, 0.3) is 22.6 Å². The molecule has 0 aliphatic carbocycles. The molecule has 5 rings (SSSR count). The van der Waals surface area contributed by atoms with E-state index in [4.69, 9.17) is 4.74 Å². The van der Waals surface area contributed by atoms with Crippen LogP contribution in [0.2, 0.25) is 0 Å². The number of nitrogens with one attached hydrogen (secondary N) is 1. The Kier molecular flexibility index (Phi) is 6.58. The van der Waals surface area contributed by atoms with Gasteiger partial charge in [0.15, 0.2) is 11.6 Å². The fourth-order valence-corrected chi connectivity index (χ4v) is 4.03. The van der Waals surface area contributed by atoms with Gasteiger partial charge in [-0.1, -0.05) is 18.2 Å². The molecular formula is C26H23F2N5O2. The van der Waals surface area contributed by atoms with E-state index in [1.165, 1.54) is 28.9 Å². The summed E-state index contributed by atoms with van der Waals surface area (Å²) < 4.78 is 34.5. The van der Waals surface area contributed by atoms with Gasteiger partial charge in [-0.3, -0.25) is 4.79 Å². The van der Waals surface area contributed by atoms with E-state index in [9.17, 15) is 13.6 Å². The Balaban J connectivity index is 1.34. The average Bonchev–Trinajstić information content (AvgIpc) is 2.86. The second-order valence-corrected chi connectivity index (χ2v) is 8.38. The van der Waals surface area contributed by atoms with Crippen LogP contribution in [-0.4, -0.2) is 38.9 Å². The molecule has 4 aromatic rings. The third kappa shape index (κ3) is 5.58. The van der Waals surface area contributed by atoms with Crippen LogP contribution in [0, 0.1) is 11.6 Å². The van der Waals surface area contributed by atoms with Gasteiger partial charge in [-0.05, 0) is 55.8 Å². The lowest BCUT2D eigenvalue weighted by molar-refractivity contribution is 0.161. The summed E-state index contributed by atoms with van der Waals surface area (Å²) >= 11 is 0. The van der Waals surface area contributed by atoms with E-state index in [0.29, 0.717) is 17.3 Å². The maximum Gasteiger partial charge on any atom is 0.267 e. The van der Waals surface area contributed by atoms with E-state index >= 15 is 0 Å². The third-order valence-electron chi connectivity index (χ3n) is 5.76. The molecule has 3 heterocycles. The van der Waals surface area contributed by atoms with Crippen LogP contribution in [0.15, 0.2) is 71.8 Å². The van der Waals surface area contributed by atoms with Crippen molar-refractivity contribution < 1.29 is 13.5 Å². The van der Waals surface area contributed by atoms with Crippen molar-refractivity contribution in [1.82, 2.24) is 25.1 Å². The van der Waals surface area contributed by atoms with Crippen molar-refractivity contribution in [2.45, 2.75) is 25.5 Å². The Morgan fingerprint density at radius 1 is 0.943 bits per heavy atom. The van der Waals surface area contributed by atoms with Crippen molar-refractivity contribution >= 4 is 0 Å². The minimum Gasteiger partial charge on any atom is -0.487 e. The Morgan fingerprint density at radius 3 is 2.43 bits per heavy atom. The number of nitrogens with zero attached hydrogens (tertiary/aromatic N) is 4. The highest BCUT2D eigenvalue weighted by Gasteiger charge is 2.15. The zero-order chi connectivity index (χ0) is 24.2. The summed E-state index contributed by atoms with van der Waals surface area (Å²) in [5.41, 5.74) is 1.81. The standard InChI is InChI=1S/C26H23F2N5O2/c27-20-11-19(12-21(28)13-20)24-4-5-25(34)33(32-24)16-17-2-1-3-18(10-17)26-30-14-23(15-31-26)35-22-6-8-29-9-7-22/h1-5,10-15,22,29H,6-9,16H2. The van der Waals surface area contributed by atoms with Gasteiger partial charge in [0.2, 0.25) is 0 Å². The fraction of sp³-hybridized carbons (Fsp3) is 0.231. The van der Waals surface area contributed by atoms with Gasteiger partial charge in [-0.25, -0.2) is 23.4 Å². The summed E-state index contributed by atoms with van der Waals surface area (Å²) in [5.74, 6) is -0.245. The molecule has 1 aliphatic rings. The lowest BCUT2D eigenvalue weighted by Gasteiger charge is -2.23. The Morgan fingerprint density at radius 2 is 1.69 bits per heavy atom. The van der Waals surface area contributed by atoms with Gasteiger partial charge >= 0.3 is 0 Å². The van der Waals surface area contributed by atoms with Crippen LogP contribution in [0.5, 0.6) is 5.75 Å². The highest BCUT2D eigenvalue weighted by atomic mass is 19.1. The number of hydrogen-bond donors (Lipinski definition) is 1. The van der Waals surface area contributed by atoms with Gasteiger partial charge in [-0.2, -0.15) is 5.10 Å². The van der Waals surface area contributed by atoms with Crippen LogP contribution in [0.3, 0.4) is 0 Å².